The fraction of sp³-hybridized carbons (Fsp3) is 0.500. The molecular formula is C24H33NaO7S2. The van der Waals surface area contributed by atoms with Gasteiger partial charge in [0, 0.05) is 5.56 Å². The van der Waals surface area contributed by atoms with Gasteiger partial charge >= 0.3 is 40.0 Å². The zero-order chi connectivity index (χ0) is 24.2. The molecule has 0 fully saturated rings. The molecule has 0 aliphatic rings. The Labute approximate surface area is 226 Å². The number of hydrogen-bond acceptors (Lipinski definition) is 7. The van der Waals surface area contributed by atoms with Gasteiger partial charge in [-0.2, -0.15) is 8.42 Å². The molecule has 0 bridgehead atoms. The van der Waals surface area contributed by atoms with E-state index < -0.39 is 20.8 Å². The van der Waals surface area contributed by atoms with E-state index in [2.05, 4.69) is 10.6 Å². The molecule has 0 radical (unpaired) electrons. The van der Waals surface area contributed by atoms with Crippen LogP contribution in [0.25, 0.3) is 11.1 Å². The van der Waals surface area contributed by atoms with E-state index in [1.165, 1.54) is 51.0 Å². The molecule has 7 nitrogen and oxygen atoms in total. The van der Waals surface area contributed by atoms with Crippen molar-refractivity contribution >= 4 is 20.8 Å². The first-order valence-electron chi connectivity index (χ1n) is 11.5. The van der Waals surface area contributed by atoms with Gasteiger partial charge in [-0.3, -0.25) is 0 Å². The average Bonchev–Trinajstić information content (AvgIpc) is 2.74. The maximum Gasteiger partial charge on any atom is 1.00 e. The molecule has 0 spiro atoms. The minimum absolute atomic E-state index is 0. The first-order chi connectivity index (χ1) is 15.7. The van der Waals surface area contributed by atoms with Crippen LogP contribution in [0.4, 0.5) is 0 Å². The molecule has 0 atom stereocenters. The number of benzene rings is 2. The molecule has 0 N–H and O–H groups in total. The molecule has 0 aliphatic carbocycles. The van der Waals surface area contributed by atoms with E-state index >= 15 is 0 Å². The topological polar surface area (TPSA) is 110 Å². The maximum atomic E-state index is 11.9. The molecule has 0 unspecified atom stereocenters. The molecule has 0 heterocycles. The SMILES string of the molecule is CCCCCCCCCCCCc1cccc(OS(=O)(=O)OS(=O)(=O)[O-])c1-c1ccccc1.[Na+]. The molecule has 10 heteroatoms. The second-order valence-corrected chi connectivity index (χ2v) is 10.4. The van der Waals surface area contributed by atoms with Crippen LogP contribution < -0.4 is 33.7 Å². The third-order valence-corrected chi connectivity index (χ3v) is 7.05. The van der Waals surface area contributed by atoms with Crippen LogP contribution in [0.15, 0.2) is 48.5 Å². The van der Waals surface area contributed by atoms with Gasteiger partial charge in [-0.15, -0.1) is 3.63 Å². The molecule has 0 saturated heterocycles. The summed E-state index contributed by atoms with van der Waals surface area (Å²) in [6, 6.07) is 14.0. The van der Waals surface area contributed by atoms with Crippen LogP contribution in [0.1, 0.15) is 76.7 Å². The van der Waals surface area contributed by atoms with Gasteiger partial charge in [0.15, 0.2) is 5.75 Å². The van der Waals surface area contributed by atoms with Crippen LogP contribution >= 0.6 is 0 Å². The maximum absolute atomic E-state index is 11.9. The minimum atomic E-state index is -5.48. The van der Waals surface area contributed by atoms with E-state index in [0.29, 0.717) is 12.0 Å². The normalized spacial score (nSPS) is 11.7. The van der Waals surface area contributed by atoms with E-state index in [1.807, 2.05) is 36.4 Å². The van der Waals surface area contributed by atoms with E-state index in [4.69, 9.17) is 4.18 Å². The summed E-state index contributed by atoms with van der Waals surface area (Å²) in [5.74, 6) is -0.0885. The van der Waals surface area contributed by atoms with Crippen molar-refractivity contribution in [3.8, 4) is 16.9 Å². The number of hydrogen-bond donors (Lipinski definition) is 0. The molecule has 34 heavy (non-hydrogen) atoms. The third kappa shape index (κ3) is 12.2. The molecule has 0 aliphatic heterocycles. The fourth-order valence-electron chi connectivity index (χ4n) is 3.82. The molecule has 2 aromatic rings. The van der Waals surface area contributed by atoms with Gasteiger partial charge in [0.1, 0.15) is 0 Å². The van der Waals surface area contributed by atoms with Crippen molar-refractivity contribution in [1.29, 1.82) is 0 Å². The summed E-state index contributed by atoms with van der Waals surface area (Å²) >= 11 is 0. The van der Waals surface area contributed by atoms with Crippen LogP contribution in [0.3, 0.4) is 0 Å². The predicted octanol–water partition coefficient (Wildman–Crippen LogP) is 2.92. The van der Waals surface area contributed by atoms with Gasteiger partial charge < -0.3 is 8.74 Å². The largest absolute Gasteiger partial charge is 1.00 e. The summed E-state index contributed by atoms with van der Waals surface area (Å²) in [4.78, 5) is 0. The van der Waals surface area contributed by atoms with Crippen molar-refractivity contribution in [2.75, 3.05) is 0 Å². The quantitative estimate of drug-likeness (QED) is 0.145. The van der Waals surface area contributed by atoms with E-state index in [1.54, 1.807) is 6.07 Å². The smallest absolute Gasteiger partial charge is 0.725 e. The Balaban J connectivity index is 0.00000578. The number of unbranched alkanes of at least 4 members (excludes halogenated alkanes) is 9. The minimum Gasteiger partial charge on any atom is -0.725 e. The van der Waals surface area contributed by atoms with Crippen molar-refractivity contribution in [3.05, 3.63) is 54.1 Å². The van der Waals surface area contributed by atoms with Crippen molar-refractivity contribution in [2.24, 2.45) is 0 Å². The molecule has 0 amide bonds. The summed E-state index contributed by atoms with van der Waals surface area (Å²) < 4.78 is 64.5. The molecule has 0 aromatic heterocycles. The summed E-state index contributed by atoms with van der Waals surface area (Å²) in [6.45, 7) is 2.22. The zero-order valence-electron chi connectivity index (χ0n) is 20.1. The van der Waals surface area contributed by atoms with Gasteiger partial charge in [0.25, 0.3) is 0 Å². The number of rotatable bonds is 16. The molecule has 184 valence electrons. The Morgan fingerprint density at radius 2 is 1.29 bits per heavy atom. The fourth-order valence-corrected chi connectivity index (χ4v) is 5.10. The van der Waals surface area contributed by atoms with Crippen LogP contribution in [0.5, 0.6) is 5.75 Å². The zero-order valence-corrected chi connectivity index (χ0v) is 23.7. The van der Waals surface area contributed by atoms with Crippen molar-refractivity contribution in [3.63, 3.8) is 0 Å². The Hall–Kier alpha value is -0.940. The summed E-state index contributed by atoms with van der Waals surface area (Å²) in [5.41, 5.74) is 2.12. The molecule has 0 saturated carbocycles. The first kappa shape index (κ1) is 31.1. The number of aryl methyl sites for hydroxylation is 1. The van der Waals surface area contributed by atoms with Gasteiger partial charge in [-0.1, -0.05) is 107 Å². The van der Waals surface area contributed by atoms with Crippen LogP contribution in [-0.2, 0) is 30.8 Å². The monoisotopic (exact) mass is 520 g/mol. The van der Waals surface area contributed by atoms with Crippen LogP contribution in [-0.4, -0.2) is 21.4 Å². The molecular weight excluding hydrogens is 487 g/mol. The Morgan fingerprint density at radius 3 is 1.85 bits per heavy atom. The van der Waals surface area contributed by atoms with Gasteiger partial charge in [0.2, 0.25) is 10.4 Å². The predicted molar refractivity (Wildman–Crippen MR) is 128 cm³/mol. The first-order valence-corrected chi connectivity index (χ1v) is 14.2. The Morgan fingerprint density at radius 1 is 0.735 bits per heavy atom. The molecule has 2 aromatic carbocycles. The molecule has 2 rings (SSSR count). The average molecular weight is 521 g/mol. The van der Waals surface area contributed by atoms with Gasteiger partial charge in [-0.25, -0.2) is 8.42 Å². The van der Waals surface area contributed by atoms with Crippen LogP contribution in [0.2, 0.25) is 0 Å². The van der Waals surface area contributed by atoms with Gasteiger partial charge in [0.05, 0.1) is 0 Å². The Bertz CT molecular complexity index is 1060. The summed E-state index contributed by atoms with van der Waals surface area (Å²) in [5, 5.41) is 0. The second kappa shape index (κ2) is 15.9. The summed E-state index contributed by atoms with van der Waals surface area (Å²) in [7, 11) is -10.6. The van der Waals surface area contributed by atoms with Crippen LogP contribution in [0, 0.1) is 0 Å². The van der Waals surface area contributed by atoms with Crippen molar-refractivity contribution < 1.29 is 58.8 Å². The Kier molecular flexibility index (Phi) is 14.6. The standard InChI is InChI=1S/C24H34O7S2.Na/c1-2-3-4-5-6-7-8-9-10-12-16-22-19-15-20-23(24(22)21-17-13-11-14-18-21)30-33(28,29)31-32(25,26)27;/h11,13-15,17-20H,2-10,12,16H2,1H3,(H,25,26,27);/q;+1/p-1. The van der Waals surface area contributed by atoms with E-state index in [9.17, 15) is 21.4 Å². The van der Waals surface area contributed by atoms with Gasteiger partial charge in [-0.05, 0) is 30.0 Å². The van der Waals surface area contributed by atoms with Crippen molar-refractivity contribution in [2.45, 2.75) is 77.6 Å². The van der Waals surface area contributed by atoms with Crippen molar-refractivity contribution in [1.82, 2.24) is 0 Å². The van der Waals surface area contributed by atoms with E-state index in [0.717, 1.165) is 30.4 Å². The van der Waals surface area contributed by atoms with E-state index in [-0.39, 0.29) is 35.3 Å². The second-order valence-electron chi connectivity index (χ2n) is 8.06. The summed E-state index contributed by atoms with van der Waals surface area (Å²) in [6.07, 6.45) is 12.8. The third-order valence-electron chi connectivity index (χ3n) is 5.33.